The van der Waals surface area contributed by atoms with Crippen LogP contribution >= 0.6 is 15.9 Å². The van der Waals surface area contributed by atoms with Gasteiger partial charge >= 0.3 is 0 Å². The first-order chi connectivity index (χ1) is 11.2. The van der Waals surface area contributed by atoms with Crippen LogP contribution in [0.3, 0.4) is 0 Å². The molecule has 1 aromatic heterocycles. The molecule has 2 N–H and O–H groups in total. The van der Waals surface area contributed by atoms with E-state index in [1.165, 1.54) is 19.2 Å². The Bertz CT molecular complexity index is 670. The van der Waals surface area contributed by atoms with Crippen molar-refractivity contribution < 1.29 is 4.79 Å². The van der Waals surface area contributed by atoms with Gasteiger partial charge in [0.05, 0.1) is 6.54 Å². The van der Waals surface area contributed by atoms with Crippen molar-refractivity contribution in [3.8, 4) is 0 Å². The van der Waals surface area contributed by atoms with Crippen molar-refractivity contribution in [2.75, 3.05) is 35.2 Å². The van der Waals surface area contributed by atoms with E-state index in [0.717, 1.165) is 29.1 Å². The molecular weight excluding hydrogens is 358 g/mol. The van der Waals surface area contributed by atoms with Gasteiger partial charge in [-0.15, -0.1) is 0 Å². The van der Waals surface area contributed by atoms with Crippen LogP contribution in [-0.4, -0.2) is 35.5 Å². The maximum absolute atomic E-state index is 12.0. The third-order valence-corrected chi connectivity index (χ3v) is 4.17. The minimum Gasteiger partial charge on any atom is -0.361 e. The van der Waals surface area contributed by atoms with Gasteiger partial charge in [-0.05, 0) is 37.1 Å². The first-order valence-electron chi connectivity index (χ1n) is 7.57. The second-order valence-electron chi connectivity index (χ2n) is 5.36. The molecule has 0 aliphatic carbocycles. The lowest BCUT2D eigenvalue weighted by atomic mass is 10.3. The number of hydrogen-bond donors (Lipinski definition) is 2. The molecule has 6 nitrogen and oxygen atoms in total. The lowest BCUT2D eigenvalue weighted by Crippen LogP contribution is -2.23. The minimum atomic E-state index is -0.117. The van der Waals surface area contributed by atoms with Crippen molar-refractivity contribution >= 4 is 39.2 Å². The molecule has 1 fully saturated rings. The Labute approximate surface area is 143 Å². The summed E-state index contributed by atoms with van der Waals surface area (Å²) in [5.41, 5.74) is 0.764. The zero-order valence-corrected chi connectivity index (χ0v) is 14.2. The first-order valence-corrected chi connectivity index (χ1v) is 8.36. The Balaban J connectivity index is 1.54. The van der Waals surface area contributed by atoms with Gasteiger partial charge in [-0.2, -0.15) is 0 Å². The fraction of sp³-hybridized carbons (Fsp3) is 0.312. The van der Waals surface area contributed by atoms with Crippen LogP contribution in [0.4, 0.5) is 17.3 Å². The number of benzene rings is 1. The number of amides is 1. The lowest BCUT2D eigenvalue weighted by Gasteiger charge is -2.16. The number of rotatable bonds is 5. The second-order valence-corrected chi connectivity index (χ2v) is 6.28. The summed E-state index contributed by atoms with van der Waals surface area (Å²) in [5.74, 6) is 1.45. The molecule has 0 spiro atoms. The first kappa shape index (κ1) is 15.7. The zero-order chi connectivity index (χ0) is 16.1. The Hall–Kier alpha value is -2.15. The number of nitrogens with zero attached hydrogens (tertiary/aromatic N) is 3. The van der Waals surface area contributed by atoms with Crippen LogP contribution in [0.1, 0.15) is 12.8 Å². The summed E-state index contributed by atoms with van der Waals surface area (Å²) < 4.78 is 0.976. The number of halogens is 1. The van der Waals surface area contributed by atoms with E-state index >= 15 is 0 Å². The summed E-state index contributed by atoms with van der Waals surface area (Å²) in [5, 5.41) is 5.87. The van der Waals surface area contributed by atoms with E-state index in [1.54, 1.807) is 0 Å². The normalized spacial score (nSPS) is 13.9. The highest BCUT2D eigenvalue weighted by molar-refractivity contribution is 9.10. The summed E-state index contributed by atoms with van der Waals surface area (Å²) in [6.07, 6.45) is 3.92. The van der Waals surface area contributed by atoms with Crippen LogP contribution in [0.5, 0.6) is 0 Å². The Morgan fingerprint density at radius 1 is 1.17 bits per heavy atom. The SMILES string of the molecule is O=C(CNc1cc(N2CCCC2)ncn1)Nc1ccc(Br)cc1. The van der Waals surface area contributed by atoms with Crippen molar-refractivity contribution in [2.24, 2.45) is 0 Å². The fourth-order valence-electron chi connectivity index (χ4n) is 2.47. The summed E-state index contributed by atoms with van der Waals surface area (Å²) in [4.78, 5) is 22.7. The molecule has 3 rings (SSSR count). The number of hydrogen-bond acceptors (Lipinski definition) is 5. The van der Waals surface area contributed by atoms with E-state index < -0.39 is 0 Å². The third-order valence-electron chi connectivity index (χ3n) is 3.64. The number of anilines is 3. The molecule has 1 aliphatic heterocycles. The van der Waals surface area contributed by atoms with Crippen LogP contribution in [0, 0.1) is 0 Å². The average Bonchev–Trinajstić information content (AvgIpc) is 3.10. The minimum absolute atomic E-state index is 0.117. The number of nitrogens with one attached hydrogen (secondary N) is 2. The Morgan fingerprint density at radius 3 is 2.65 bits per heavy atom. The van der Waals surface area contributed by atoms with Gasteiger partial charge in [-0.3, -0.25) is 4.79 Å². The number of carbonyl (C=O) groups excluding carboxylic acids is 1. The molecular formula is C16H18BrN5O. The quantitative estimate of drug-likeness (QED) is 0.840. The highest BCUT2D eigenvalue weighted by Crippen LogP contribution is 2.19. The standard InChI is InChI=1S/C16H18BrN5O/c17-12-3-5-13(6-4-12)21-16(23)10-18-14-9-15(20-11-19-14)22-7-1-2-8-22/h3-6,9,11H,1-2,7-8,10H2,(H,21,23)(H,18,19,20). The predicted octanol–water partition coefficient (Wildman–Crippen LogP) is 2.89. The van der Waals surface area contributed by atoms with Crippen molar-refractivity contribution in [2.45, 2.75) is 12.8 Å². The maximum atomic E-state index is 12.0. The smallest absolute Gasteiger partial charge is 0.243 e. The largest absolute Gasteiger partial charge is 0.361 e. The van der Waals surface area contributed by atoms with E-state index in [4.69, 9.17) is 0 Å². The second kappa shape index (κ2) is 7.41. The van der Waals surface area contributed by atoms with Crippen molar-refractivity contribution in [3.63, 3.8) is 0 Å². The molecule has 23 heavy (non-hydrogen) atoms. The molecule has 7 heteroatoms. The zero-order valence-electron chi connectivity index (χ0n) is 12.6. The molecule has 0 atom stereocenters. The summed E-state index contributed by atoms with van der Waals surface area (Å²) in [6.45, 7) is 2.22. The van der Waals surface area contributed by atoms with Gasteiger partial charge in [0, 0.05) is 29.3 Å². The molecule has 2 heterocycles. The van der Waals surface area contributed by atoms with Gasteiger partial charge in [0.15, 0.2) is 0 Å². The van der Waals surface area contributed by atoms with Gasteiger partial charge in [0.2, 0.25) is 5.91 Å². The Morgan fingerprint density at radius 2 is 1.91 bits per heavy atom. The summed E-state index contributed by atoms with van der Waals surface area (Å²) >= 11 is 3.36. The molecule has 1 aliphatic rings. The van der Waals surface area contributed by atoms with E-state index in [2.05, 4.69) is 41.4 Å². The van der Waals surface area contributed by atoms with Gasteiger partial charge in [0.1, 0.15) is 18.0 Å². The lowest BCUT2D eigenvalue weighted by molar-refractivity contribution is -0.114. The molecule has 1 aromatic carbocycles. The van der Waals surface area contributed by atoms with Crippen LogP contribution in [-0.2, 0) is 4.79 Å². The van der Waals surface area contributed by atoms with Crippen LogP contribution < -0.4 is 15.5 Å². The molecule has 1 amide bonds. The average molecular weight is 376 g/mol. The third kappa shape index (κ3) is 4.41. The van der Waals surface area contributed by atoms with Gasteiger partial charge in [-0.1, -0.05) is 15.9 Å². The number of carbonyl (C=O) groups is 1. The molecule has 2 aromatic rings. The van der Waals surface area contributed by atoms with Crippen LogP contribution in [0.25, 0.3) is 0 Å². The van der Waals surface area contributed by atoms with Crippen molar-refractivity contribution in [1.29, 1.82) is 0 Å². The predicted molar refractivity (Wildman–Crippen MR) is 94.7 cm³/mol. The van der Waals surface area contributed by atoms with Gasteiger partial charge in [0.25, 0.3) is 0 Å². The maximum Gasteiger partial charge on any atom is 0.243 e. The fourth-order valence-corrected chi connectivity index (χ4v) is 2.74. The summed E-state index contributed by atoms with van der Waals surface area (Å²) in [6, 6.07) is 9.35. The molecule has 0 radical (unpaired) electrons. The van der Waals surface area contributed by atoms with E-state index in [1.807, 2.05) is 30.3 Å². The van der Waals surface area contributed by atoms with E-state index in [0.29, 0.717) is 5.82 Å². The topological polar surface area (TPSA) is 70.2 Å². The van der Waals surface area contributed by atoms with Crippen molar-refractivity contribution in [1.82, 2.24) is 9.97 Å². The highest BCUT2D eigenvalue weighted by Gasteiger charge is 2.14. The van der Waals surface area contributed by atoms with Crippen LogP contribution in [0.2, 0.25) is 0 Å². The number of aromatic nitrogens is 2. The molecule has 0 unspecified atom stereocenters. The molecule has 120 valence electrons. The Kier molecular flexibility index (Phi) is 5.07. The van der Waals surface area contributed by atoms with Gasteiger partial charge < -0.3 is 15.5 Å². The van der Waals surface area contributed by atoms with Gasteiger partial charge in [-0.25, -0.2) is 9.97 Å². The van der Waals surface area contributed by atoms with E-state index in [-0.39, 0.29) is 12.5 Å². The molecule has 0 saturated carbocycles. The summed E-state index contributed by atoms with van der Waals surface area (Å²) in [7, 11) is 0. The molecule has 0 bridgehead atoms. The highest BCUT2D eigenvalue weighted by atomic mass is 79.9. The molecule has 1 saturated heterocycles. The monoisotopic (exact) mass is 375 g/mol. The van der Waals surface area contributed by atoms with Crippen LogP contribution in [0.15, 0.2) is 41.1 Å². The van der Waals surface area contributed by atoms with E-state index in [9.17, 15) is 4.79 Å². The van der Waals surface area contributed by atoms with Crippen molar-refractivity contribution in [3.05, 3.63) is 41.1 Å².